The van der Waals surface area contributed by atoms with Crippen LogP contribution in [0.4, 0.5) is 16.2 Å². The average molecular weight is 394 g/mol. The predicted octanol–water partition coefficient (Wildman–Crippen LogP) is 5.91. The molecule has 0 atom stereocenters. The van der Waals surface area contributed by atoms with Gasteiger partial charge in [-0.2, -0.15) is 0 Å². The van der Waals surface area contributed by atoms with E-state index >= 15 is 0 Å². The largest absolute Gasteiger partial charge is 0.332 e. The van der Waals surface area contributed by atoms with Gasteiger partial charge in [0.1, 0.15) is 0 Å². The Bertz CT molecular complexity index is 824. The quantitative estimate of drug-likeness (QED) is 0.688. The standard InChI is InChI=1S/C18H17Cl2N3OS/c1-18(2)11-21-17(25-18)23(13-6-4-3-5-7-13)16(24)22-12-8-9-14(19)15(20)10-12/h3-10H,11H2,1-2H3,(H,22,24). The number of anilines is 2. The highest BCUT2D eigenvalue weighted by Gasteiger charge is 2.33. The monoisotopic (exact) mass is 393 g/mol. The van der Waals surface area contributed by atoms with Crippen LogP contribution in [0.3, 0.4) is 0 Å². The van der Waals surface area contributed by atoms with Crippen LogP contribution >= 0.6 is 35.0 Å². The minimum absolute atomic E-state index is 0.0355. The SMILES string of the molecule is CC1(C)CN=C(N(C(=O)Nc2ccc(Cl)c(Cl)c2)c2ccccc2)S1. The summed E-state index contributed by atoms with van der Waals surface area (Å²) in [5.41, 5.74) is 1.33. The van der Waals surface area contributed by atoms with Crippen LogP contribution in [0.25, 0.3) is 0 Å². The van der Waals surface area contributed by atoms with Crippen molar-refractivity contribution in [2.75, 3.05) is 16.8 Å². The molecule has 1 N–H and O–H groups in total. The maximum absolute atomic E-state index is 13.0. The predicted molar refractivity (Wildman–Crippen MR) is 108 cm³/mol. The highest BCUT2D eigenvalue weighted by atomic mass is 35.5. The van der Waals surface area contributed by atoms with Crippen LogP contribution in [-0.4, -0.2) is 22.5 Å². The summed E-state index contributed by atoms with van der Waals surface area (Å²) in [7, 11) is 0. The minimum atomic E-state index is -0.298. The number of amidine groups is 1. The number of hydrogen-bond donors (Lipinski definition) is 1. The molecule has 4 nitrogen and oxygen atoms in total. The van der Waals surface area contributed by atoms with Crippen LogP contribution in [0, 0.1) is 0 Å². The number of urea groups is 1. The second-order valence-corrected chi connectivity index (χ2v) is 8.68. The molecule has 130 valence electrons. The van der Waals surface area contributed by atoms with E-state index in [1.54, 1.807) is 34.9 Å². The summed E-state index contributed by atoms with van der Waals surface area (Å²) >= 11 is 13.5. The maximum Gasteiger partial charge on any atom is 0.332 e. The Morgan fingerprint density at radius 3 is 2.48 bits per heavy atom. The lowest BCUT2D eigenvalue weighted by Gasteiger charge is -2.24. The van der Waals surface area contributed by atoms with E-state index in [1.165, 1.54) is 0 Å². The van der Waals surface area contributed by atoms with Gasteiger partial charge >= 0.3 is 6.03 Å². The average Bonchev–Trinajstić information content (AvgIpc) is 2.92. The van der Waals surface area contributed by atoms with Crippen molar-refractivity contribution in [1.29, 1.82) is 0 Å². The molecule has 0 unspecified atom stereocenters. The van der Waals surface area contributed by atoms with Crippen LogP contribution in [-0.2, 0) is 0 Å². The van der Waals surface area contributed by atoms with Gasteiger partial charge in [0.15, 0.2) is 5.17 Å². The van der Waals surface area contributed by atoms with Gasteiger partial charge in [-0.05, 0) is 44.2 Å². The van der Waals surface area contributed by atoms with Crippen LogP contribution in [0.2, 0.25) is 10.0 Å². The molecule has 2 amide bonds. The number of hydrogen-bond acceptors (Lipinski definition) is 3. The third-order valence-electron chi connectivity index (χ3n) is 3.54. The Labute approximate surface area is 161 Å². The zero-order valence-electron chi connectivity index (χ0n) is 13.8. The number of amides is 2. The van der Waals surface area contributed by atoms with Gasteiger partial charge in [-0.25, -0.2) is 9.69 Å². The van der Waals surface area contributed by atoms with Gasteiger partial charge < -0.3 is 5.32 Å². The Morgan fingerprint density at radius 2 is 1.88 bits per heavy atom. The first-order valence-corrected chi connectivity index (χ1v) is 9.28. The zero-order valence-corrected chi connectivity index (χ0v) is 16.1. The Morgan fingerprint density at radius 1 is 1.16 bits per heavy atom. The zero-order chi connectivity index (χ0) is 18.0. The summed E-state index contributed by atoms with van der Waals surface area (Å²) < 4.78 is -0.0355. The van der Waals surface area contributed by atoms with E-state index in [1.807, 2.05) is 30.3 Å². The summed E-state index contributed by atoms with van der Waals surface area (Å²) in [6, 6.07) is 14.1. The number of nitrogens with one attached hydrogen (secondary N) is 1. The lowest BCUT2D eigenvalue weighted by Crippen LogP contribution is -2.38. The highest BCUT2D eigenvalue weighted by Crippen LogP contribution is 2.35. The first-order valence-electron chi connectivity index (χ1n) is 7.70. The molecule has 0 radical (unpaired) electrons. The Kier molecular flexibility index (Phi) is 5.27. The minimum Gasteiger partial charge on any atom is -0.307 e. The van der Waals surface area contributed by atoms with E-state index in [0.29, 0.717) is 27.4 Å². The molecule has 1 aliphatic rings. The fourth-order valence-corrected chi connectivity index (χ4v) is 3.66. The molecule has 3 rings (SSSR count). The summed E-state index contributed by atoms with van der Waals surface area (Å²) in [5.74, 6) is 0. The number of rotatable bonds is 2. The topological polar surface area (TPSA) is 44.7 Å². The van der Waals surface area contributed by atoms with Gasteiger partial charge in [0.05, 0.1) is 22.3 Å². The Balaban J connectivity index is 1.89. The van der Waals surface area contributed by atoms with Gasteiger partial charge in [-0.15, -0.1) is 0 Å². The van der Waals surface area contributed by atoms with E-state index in [9.17, 15) is 4.79 Å². The van der Waals surface area contributed by atoms with Crippen molar-refractivity contribution < 1.29 is 4.79 Å². The van der Waals surface area contributed by atoms with Crippen LogP contribution < -0.4 is 10.2 Å². The molecule has 0 aliphatic carbocycles. The number of thioether (sulfide) groups is 1. The molecule has 0 saturated carbocycles. The molecule has 0 spiro atoms. The first-order chi connectivity index (χ1) is 11.9. The number of para-hydroxylation sites is 1. The van der Waals surface area contributed by atoms with Crippen molar-refractivity contribution in [2.45, 2.75) is 18.6 Å². The second-order valence-electron chi connectivity index (χ2n) is 6.19. The fourth-order valence-electron chi connectivity index (χ4n) is 2.33. The van der Waals surface area contributed by atoms with Gasteiger partial charge in [0, 0.05) is 10.4 Å². The molecule has 2 aromatic rings. The molecular weight excluding hydrogens is 377 g/mol. The summed E-state index contributed by atoms with van der Waals surface area (Å²) in [6.07, 6.45) is 0. The third-order valence-corrected chi connectivity index (χ3v) is 5.46. The number of carbonyl (C=O) groups is 1. The van der Waals surface area contributed by atoms with Crippen molar-refractivity contribution in [1.82, 2.24) is 0 Å². The van der Waals surface area contributed by atoms with Crippen molar-refractivity contribution in [3.63, 3.8) is 0 Å². The van der Waals surface area contributed by atoms with Crippen molar-refractivity contribution in [3.05, 3.63) is 58.6 Å². The fraction of sp³-hybridized carbons (Fsp3) is 0.222. The van der Waals surface area contributed by atoms with E-state index < -0.39 is 0 Å². The molecule has 0 bridgehead atoms. The molecule has 1 aliphatic heterocycles. The number of carbonyl (C=O) groups excluding carboxylic acids is 1. The van der Waals surface area contributed by atoms with Gasteiger partial charge in [-0.3, -0.25) is 4.99 Å². The lowest BCUT2D eigenvalue weighted by molar-refractivity contribution is 0.259. The Hall–Kier alpha value is -1.69. The maximum atomic E-state index is 13.0. The number of benzene rings is 2. The summed E-state index contributed by atoms with van der Waals surface area (Å²) in [4.78, 5) is 19.1. The van der Waals surface area contributed by atoms with Crippen LogP contribution in [0.15, 0.2) is 53.5 Å². The van der Waals surface area contributed by atoms with E-state index in [-0.39, 0.29) is 10.8 Å². The molecule has 0 aromatic heterocycles. The van der Waals surface area contributed by atoms with Gasteiger partial charge in [-0.1, -0.05) is 53.2 Å². The van der Waals surface area contributed by atoms with E-state index in [2.05, 4.69) is 24.2 Å². The van der Waals surface area contributed by atoms with Gasteiger partial charge in [0.25, 0.3) is 0 Å². The highest BCUT2D eigenvalue weighted by molar-refractivity contribution is 8.15. The molecule has 1 heterocycles. The van der Waals surface area contributed by atoms with Crippen molar-refractivity contribution in [2.24, 2.45) is 4.99 Å². The van der Waals surface area contributed by atoms with Crippen LogP contribution in [0.5, 0.6) is 0 Å². The summed E-state index contributed by atoms with van der Waals surface area (Å²) in [5, 5.41) is 4.37. The normalized spacial score (nSPS) is 15.6. The van der Waals surface area contributed by atoms with Crippen molar-refractivity contribution in [3.8, 4) is 0 Å². The van der Waals surface area contributed by atoms with E-state index in [4.69, 9.17) is 23.2 Å². The lowest BCUT2D eigenvalue weighted by atomic mass is 10.2. The van der Waals surface area contributed by atoms with Crippen LogP contribution in [0.1, 0.15) is 13.8 Å². The van der Waals surface area contributed by atoms with Gasteiger partial charge in [0.2, 0.25) is 0 Å². The molecule has 2 aromatic carbocycles. The first kappa shape index (κ1) is 18.1. The number of halogens is 2. The molecule has 0 fully saturated rings. The number of aliphatic imine (C=N–C) groups is 1. The second kappa shape index (κ2) is 7.28. The smallest absolute Gasteiger partial charge is 0.307 e. The molecule has 0 saturated heterocycles. The van der Waals surface area contributed by atoms with E-state index in [0.717, 1.165) is 5.69 Å². The molecule has 7 heteroatoms. The van der Waals surface area contributed by atoms with Crippen molar-refractivity contribution >= 4 is 57.5 Å². The summed E-state index contributed by atoms with van der Waals surface area (Å²) in [6.45, 7) is 4.87. The molecular formula is C18H17Cl2N3OS. The number of nitrogens with zero attached hydrogens (tertiary/aromatic N) is 2. The third kappa shape index (κ3) is 4.29. The molecule has 25 heavy (non-hydrogen) atoms.